The van der Waals surface area contributed by atoms with Gasteiger partial charge in [-0.3, -0.25) is 9.20 Å². The zero-order valence-corrected chi connectivity index (χ0v) is 16.3. The van der Waals surface area contributed by atoms with E-state index in [1.807, 2.05) is 64.5 Å². The molecule has 0 aliphatic rings. The van der Waals surface area contributed by atoms with Gasteiger partial charge < -0.3 is 14.8 Å². The van der Waals surface area contributed by atoms with Crippen molar-refractivity contribution in [1.82, 2.24) is 14.7 Å². The van der Waals surface area contributed by atoms with Crippen LogP contribution >= 0.6 is 11.3 Å². The first kappa shape index (κ1) is 18.1. The monoisotopic (exact) mass is 393 g/mol. The molecule has 0 aliphatic heterocycles. The highest BCUT2D eigenvalue weighted by atomic mass is 32.1. The van der Waals surface area contributed by atoms with E-state index in [0.717, 1.165) is 33.3 Å². The first-order valence-corrected chi connectivity index (χ1v) is 9.58. The fraction of sp³-hybridized carbons (Fsp3) is 0.143. The molecule has 0 atom stereocenters. The SMILES string of the molecule is COc1ccc(CNC(=O)c2csc3nc(-c4cccc(OC)c4)cn23)cc1. The van der Waals surface area contributed by atoms with Gasteiger partial charge in [-0.25, -0.2) is 4.98 Å². The molecular weight excluding hydrogens is 374 g/mol. The van der Waals surface area contributed by atoms with E-state index in [1.54, 1.807) is 14.2 Å². The largest absolute Gasteiger partial charge is 0.497 e. The smallest absolute Gasteiger partial charge is 0.269 e. The summed E-state index contributed by atoms with van der Waals surface area (Å²) in [5, 5.41) is 4.78. The van der Waals surface area contributed by atoms with Gasteiger partial charge in [0.25, 0.3) is 5.91 Å². The number of hydrogen-bond donors (Lipinski definition) is 1. The summed E-state index contributed by atoms with van der Waals surface area (Å²) < 4.78 is 12.3. The predicted molar refractivity (Wildman–Crippen MR) is 109 cm³/mol. The summed E-state index contributed by atoms with van der Waals surface area (Å²) in [4.78, 5) is 18.1. The van der Waals surface area contributed by atoms with Gasteiger partial charge in [-0.1, -0.05) is 24.3 Å². The normalized spacial score (nSPS) is 10.8. The summed E-state index contributed by atoms with van der Waals surface area (Å²) in [6.07, 6.45) is 1.88. The van der Waals surface area contributed by atoms with Crippen molar-refractivity contribution >= 4 is 22.2 Å². The third-order valence-electron chi connectivity index (χ3n) is 4.42. The van der Waals surface area contributed by atoms with Gasteiger partial charge in [-0.2, -0.15) is 0 Å². The van der Waals surface area contributed by atoms with Gasteiger partial charge in [0.05, 0.1) is 19.9 Å². The van der Waals surface area contributed by atoms with Crippen molar-refractivity contribution in [2.24, 2.45) is 0 Å². The molecule has 7 heteroatoms. The molecule has 28 heavy (non-hydrogen) atoms. The third kappa shape index (κ3) is 3.57. The van der Waals surface area contributed by atoms with Crippen LogP contribution in [0.2, 0.25) is 0 Å². The highest BCUT2D eigenvalue weighted by molar-refractivity contribution is 7.15. The Balaban J connectivity index is 1.53. The average Bonchev–Trinajstić information content (AvgIpc) is 3.33. The van der Waals surface area contributed by atoms with Gasteiger partial charge in [-0.05, 0) is 29.8 Å². The average molecular weight is 393 g/mol. The van der Waals surface area contributed by atoms with E-state index >= 15 is 0 Å². The highest BCUT2D eigenvalue weighted by Gasteiger charge is 2.15. The third-order valence-corrected chi connectivity index (χ3v) is 5.26. The number of aromatic nitrogens is 2. The molecule has 0 spiro atoms. The van der Waals surface area contributed by atoms with Crippen LogP contribution in [0.25, 0.3) is 16.2 Å². The van der Waals surface area contributed by atoms with E-state index in [-0.39, 0.29) is 5.91 Å². The van der Waals surface area contributed by atoms with Crippen molar-refractivity contribution in [1.29, 1.82) is 0 Å². The summed E-state index contributed by atoms with van der Waals surface area (Å²) in [6.45, 7) is 0.442. The second kappa shape index (κ2) is 7.74. The summed E-state index contributed by atoms with van der Waals surface area (Å²) in [5.74, 6) is 1.42. The quantitative estimate of drug-likeness (QED) is 0.538. The first-order chi connectivity index (χ1) is 13.7. The number of hydrogen-bond acceptors (Lipinski definition) is 5. The summed E-state index contributed by atoms with van der Waals surface area (Å²) in [7, 11) is 3.26. The number of rotatable bonds is 6. The highest BCUT2D eigenvalue weighted by Crippen LogP contribution is 2.26. The summed E-state index contributed by atoms with van der Waals surface area (Å²) in [6, 6.07) is 15.3. The van der Waals surface area contributed by atoms with Crippen molar-refractivity contribution in [2.45, 2.75) is 6.54 Å². The Hall–Kier alpha value is -3.32. The van der Waals surface area contributed by atoms with Crippen molar-refractivity contribution in [3.63, 3.8) is 0 Å². The molecule has 142 valence electrons. The predicted octanol–water partition coefficient (Wildman–Crippen LogP) is 4.01. The molecule has 2 aromatic heterocycles. The zero-order chi connectivity index (χ0) is 19.5. The van der Waals surface area contributed by atoms with Crippen molar-refractivity contribution in [3.05, 3.63) is 71.4 Å². The molecule has 1 amide bonds. The van der Waals surface area contributed by atoms with Crippen LogP contribution < -0.4 is 14.8 Å². The topological polar surface area (TPSA) is 64.9 Å². The van der Waals surface area contributed by atoms with Gasteiger partial charge in [0.2, 0.25) is 0 Å². The lowest BCUT2D eigenvalue weighted by molar-refractivity contribution is 0.0945. The van der Waals surface area contributed by atoms with Gasteiger partial charge in [0.1, 0.15) is 17.2 Å². The van der Waals surface area contributed by atoms with Gasteiger partial charge in [0.15, 0.2) is 4.96 Å². The van der Waals surface area contributed by atoms with Crippen LogP contribution in [0.4, 0.5) is 0 Å². The maximum atomic E-state index is 12.7. The number of carbonyl (C=O) groups excluding carboxylic acids is 1. The Morgan fingerprint density at radius 2 is 1.89 bits per heavy atom. The fourth-order valence-corrected chi connectivity index (χ4v) is 3.74. The molecule has 0 saturated heterocycles. The molecule has 0 aliphatic carbocycles. The Bertz CT molecular complexity index is 1120. The Morgan fingerprint density at radius 1 is 1.11 bits per heavy atom. The summed E-state index contributed by atoms with van der Waals surface area (Å²) in [5.41, 5.74) is 3.31. The molecule has 2 heterocycles. The molecule has 0 bridgehead atoms. The van der Waals surface area contributed by atoms with Crippen molar-refractivity contribution < 1.29 is 14.3 Å². The number of fused-ring (bicyclic) bond motifs is 1. The lowest BCUT2D eigenvalue weighted by Gasteiger charge is -2.06. The van der Waals surface area contributed by atoms with Crippen LogP contribution in [0.15, 0.2) is 60.1 Å². The summed E-state index contributed by atoms with van der Waals surface area (Å²) >= 11 is 1.44. The van der Waals surface area contributed by atoms with Gasteiger partial charge in [0, 0.05) is 23.7 Å². The number of nitrogens with one attached hydrogen (secondary N) is 1. The minimum absolute atomic E-state index is 0.142. The second-order valence-electron chi connectivity index (χ2n) is 6.16. The van der Waals surface area contributed by atoms with E-state index < -0.39 is 0 Å². The standard InChI is InChI=1S/C21H19N3O3S/c1-26-16-8-6-14(7-9-16)11-22-20(25)19-13-28-21-23-18(12-24(19)21)15-4-3-5-17(10-15)27-2/h3-10,12-13H,11H2,1-2H3,(H,22,25). The van der Waals surface area contributed by atoms with Crippen LogP contribution in [0.3, 0.4) is 0 Å². The van der Waals surface area contributed by atoms with Gasteiger partial charge >= 0.3 is 0 Å². The Labute approximate surface area is 166 Å². The van der Waals surface area contributed by atoms with E-state index in [1.165, 1.54) is 11.3 Å². The van der Waals surface area contributed by atoms with E-state index in [4.69, 9.17) is 9.47 Å². The molecule has 0 radical (unpaired) electrons. The lowest BCUT2D eigenvalue weighted by atomic mass is 10.1. The number of imidazole rings is 1. The Morgan fingerprint density at radius 3 is 2.64 bits per heavy atom. The van der Waals surface area contributed by atoms with E-state index in [2.05, 4.69) is 10.3 Å². The molecule has 6 nitrogen and oxygen atoms in total. The number of benzene rings is 2. The zero-order valence-electron chi connectivity index (χ0n) is 15.5. The molecule has 1 N–H and O–H groups in total. The minimum atomic E-state index is -0.142. The molecular formula is C21H19N3O3S. The maximum Gasteiger partial charge on any atom is 0.269 e. The van der Waals surface area contributed by atoms with Crippen LogP contribution in [-0.4, -0.2) is 29.5 Å². The number of nitrogens with zero attached hydrogens (tertiary/aromatic N) is 2. The van der Waals surface area contributed by atoms with E-state index in [9.17, 15) is 4.79 Å². The van der Waals surface area contributed by atoms with Crippen LogP contribution in [0, 0.1) is 0 Å². The minimum Gasteiger partial charge on any atom is -0.497 e. The molecule has 0 saturated carbocycles. The van der Waals surface area contributed by atoms with Crippen LogP contribution in [0.5, 0.6) is 11.5 Å². The second-order valence-corrected chi connectivity index (χ2v) is 7.00. The number of ether oxygens (including phenoxy) is 2. The van der Waals surface area contributed by atoms with E-state index in [0.29, 0.717) is 12.2 Å². The number of methoxy groups -OCH3 is 2. The van der Waals surface area contributed by atoms with Gasteiger partial charge in [-0.15, -0.1) is 11.3 Å². The van der Waals surface area contributed by atoms with Crippen LogP contribution in [-0.2, 0) is 6.54 Å². The van der Waals surface area contributed by atoms with Crippen molar-refractivity contribution in [2.75, 3.05) is 14.2 Å². The Kier molecular flexibility index (Phi) is 4.99. The molecule has 4 rings (SSSR count). The number of thiazole rings is 1. The fourth-order valence-electron chi connectivity index (χ4n) is 2.88. The van der Waals surface area contributed by atoms with Crippen LogP contribution in [0.1, 0.15) is 16.1 Å². The first-order valence-electron chi connectivity index (χ1n) is 8.70. The maximum absolute atomic E-state index is 12.7. The molecule has 0 unspecified atom stereocenters. The molecule has 2 aromatic carbocycles. The molecule has 4 aromatic rings. The number of amides is 1. The van der Waals surface area contributed by atoms with Crippen molar-refractivity contribution in [3.8, 4) is 22.8 Å². The number of carbonyl (C=O) groups is 1. The lowest BCUT2D eigenvalue weighted by Crippen LogP contribution is -2.23. The molecule has 0 fully saturated rings.